The Morgan fingerprint density at radius 2 is 1.75 bits per heavy atom. The van der Waals surface area contributed by atoms with Gasteiger partial charge < -0.3 is 5.73 Å². The number of sulfonamides is 1. The predicted molar refractivity (Wildman–Crippen MR) is 94.7 cm³/mol. The number of nitrogens with one attached hydrogen (secondary N) is 1. The highest BCUT2D eigenvalue weighted by atomic mass is 32.2. The maximum atomic E-state index is 12.5. The second-order valence-electron chi connectivity index (χ2n) is 5.58. The summed E-state index contributed by atoms with van der Waals surface area (Å²) in [5.74, 6) is 0. The largest absolute Gasteiger partial charge is 0.399 e. The molecule has 0 saturated heterocycles. The van der Waals surface area contributed by atoms with Gasteiger partial charge in [-0.3, -0.25) is 4.72 Å². The van der Waals surface area contributed by atoms with E-state index in [2.05, 4.69) is 9.82 Å². The van der Waals surface area contributed by atoms with Gasteiger partial charge >= 0.3 is 0 Å². The topological polar surface area (TPSA) is 90.0 Å². The molecule has 0 atom stereocenters. The van der Waals surface area contributed by atoms with Crippen molar-refractivity contribution in [2.75, 3.05) is 10.5 Å². The Kier molecular flexibility index (Phi) is 4.02. The third-order valence-corrected chi connectivity index (χ3v) is 5.02. The van der Waals surface area contributed by atoms with E-state index in [0.29, 0.717) is 11.4 Å². The Morgan fingerprint density at radius 3 is 2.38 bits per heavy atom. The summed E-state index contributed by atoms with van der Waals surface area (Å²) in [6, 6.07) is 13.5. The number of nitrogens with two attached hydrogens (primary N) is 1. The van der Waals surface area contributed by atoms with Crippen LogP contribution in [-0.4, -0.2) is 18.2 Å². The van der Waals surface area contributed by atoms with Gasteiger partial charge in [-0.15, -0.1) is 0 Å². The van der Waals surface area contributed by atoms with Gasteiger partial charge in [-0.1, -0.05) is 6.07 Å². The molecule has 0 bridgehead atoms. The number of rotatable bonds is 4. The molecule has 0 fully saturated rings. The molecule has 24 heavy (non-hydrogen) atoms. The lowest BCUT2D eigenvalue weighted by Gasteiger charge is -2.12. The molecule has 3 aromatic rings. The van der Waals surface area contributed by atoms with Crippen LogP contribution in [0.2, 0.25) is 0 Å². The van der Waals surface area contributed by atoms with Crippen LogP contribution in [0.1, 0.15) is 11.3 Å². The van der Waals surface area contributed by atoms with Crippen molar-refractivity contribution in [3.8, 4) is 5.69 Å². The summed E-state index contributed by atoms with van der Waals surface area (Å²) in [6.45, 7) is 3.74. The number of anilines is 2. The van der Waals surface area contributed by atoms with E-state index >= 15 is 0 Å². The van der Waals surface area contributed by atoms with Crippen molar-refractivity contribution >= 4 is 21.4 Å². The van der Waals surface area contributed by atoms with Crippen LogP contribution in [-0.2, 0) is 10.0 Å². The van der Waals surface area contributed by atoms with Crippen LogP contribution in [0.25, 0.3) is 5.69 Å². The second-order valence-corrected chi connectivity index (χ2v) is 7.26. The van der Waals surface area contributed by atoms with Gasteiger partial charge in [-0.2, -0.15) is 5.10 Å². The zero-order chi connectivity index (χ0) is 17.3. The average Bonchev–Trinajstić information content (AvgIpc) is 2.96. The molecule has 0 aliphatic rings. The molecule has 0 radical (unpaired) electrons. The summed E-state index contributed by atoms with van der Waals surface area (Å²) in [5, 5.41) is 4.34. The van der Waals surface area contributed by atoms with Gasteiger partial charge in [0.05, 0.1) is 22.0 Å². The summed E-state index contributed by atoms with van der Waals surface area (Å²) in [4.78, 5) is 0.163. The monoisotopic (exact) mass is 342 g/mol. The first-order valence-corrected chi connectivity index (χ1v) is 8.85. The molecule has 0 amide bonds. The first-order chi connectivity index (χ1) is 11.3. The van der Waals surface area contributed by atoms with Gasteiger partial charge in [0.25, 0.3) is 10.0 Å². The van der Waals surface area contributed by atoms with E-state index in [4.69, 9.17) is 5.73 Å². The van der Waals surface area contributed by atoms with Crippen molar-refractivity contribution in [1.29, 1.82) is 0 Å². The maximum Gasteiger partial charge on any atom is 0.261 e. The second kappa shape index (κ2) is 6.01. The molecule has 3 rings (SSSR count). The number of aryl methyl sites for hydroxylation is 2. The Morgan fingerprint density at radius 1 is 1.04 bits per heavy atom. The molecule has 0 spiro atoms. The van der Waals surface area contributed by atoms with Crippen LogP contribution >= 0.6 is 0 Å². The molecule has 0 unspecified atom stereocenters. The van der Waals surface area contributed by atoms with Gasteiger partial charge in [-0.25, -0.2) is 13.1 Å². The molecule has 2 aromatic carbocycles. The summed E-state index contributed by atoms with van der Waals surface area (Å²) >= 11 is 0. The number of aromatic nitrogens is 2. The van der Waals surface area contributed by atoms with Crippen molar-refractivity contribution in [3.63, 3.8) is 0 Å². The molecule has 1 heterocycles. The highest BCUT2D eigenvalue weighted by molar-refractivity contribution is 7.92. The fraction of sp³-hybridized carbons (Fsp3) is 0.118. The van der Waals surface area contributed by atoms with E-state index in [1.807, 2.05) is 38.2 Å². The molecule has 124 valence electrons. The summed E-state index contributed by atoms with van der Waals surface area (Å²) in [5.41, 5.74) is 9.13. The predicted octanol–water partition coefficient (Wildman–Crippen LogP) is 2.87. The van der Waals surface area contributed by atoms with Crippen molar-refractivity contribution in [1.82, 2.24) is 9.78 Å². The minimum Gasteiger partial charge on any atom is -0.399 e. The van der Waals surface area contributed by atoms with E-state index in [9.17, 15) is 8.42 Å². The van der Waals surface area contributed by atoms with Gasteiger partial charge in [-0.05, 0) is 61.9 Å². The fourth-order valence-electron chi connectivity index (χ4n) is 2.27. The van der Waals surface area contributed by atoms with E-state index in [-0.39, 0.29) is 4.90 Å². The molecule has 7 heteroatoms. The van der Waals surface area contributed by atoms with E-state index in [1.165, 1.54) is 12.1 Å². The fourth-order valence-corrected chi connectivity index (χ4v) is 3.39. The van der Waals surface area contributed by atoms with Crippen LogP contribution in [0, 0.1) is 13.8 Å². The average molecular weight is 342 g/mol. The summed E-state index contributed by atoms with van der Waals surface area (Å²) in [7, 11) is -3.68. The highest BCUT2D eigenvalue weighted by Gasteiger charge is 2.15. The van der Waals surface area contributed by atoms with Crippen molar-refractivity contribution in [2.24, 2.45) is 0 Å². The van der Waals surface area contributed by atoms with Crippen molar-refractivity contribution < 1.29 is 8.42 Å². The van der Waals surface area contributed by atoms with Gasteiger partial charge in [0.1, 0.15) is 0 Å². The third-order valence-electron chi connectivity index (χ3n) is 3.64. The first-order valence-electron chi connectivity index (χ1n) is 7.37. The van der Waals surface area contributed by atoms with Crippen LogP contribution in [0.5, 0.6) is 0 Å². The molecular formula is C17H18N4O2S. The lowest BCUT2D eigenvalue weighted by Crippen LogP contribution is -2.14. The number of nitrogen functional groups attached to an aromatic ring is 1. The summed E-state index contributed by atoms with van der Waals surface area (Å²) < 4.78 is 29.4. The van der Waals surface area contributed by atoms with Crippen LogP contribution in [0.4, 0.5) is 11.4 Å². The molecule has 6 nitrogen and oxygen atoms in total. The standard InChI is InChI=1S/C17H18N4O2S/c1-12-3-6-15(21-10-9-13(2)19-21)11-17(12)20-24(22,23)16-7-4-14(18)5-8-16/h3-11,20H,18H2,1-2H3. The highest BCUT2D eigenvalue weighted by Crippen LogP contribution is 2.23. The number of benzene rings is 2. The zero-order valence-corrected chi connectivity index (χ0v) is 14.2. The van der Waals surface area contributed by atoms with Crippen molar-refractivity contribution in [2.45, 2.75) is 18.7 Å². The van der Waals surface area contributed by atoms with E-state index in [1.54, 1.807) is 22.9 Å². The number of hydrogen-bond acceptors (Lipinski definition) is 4. The van der Waals surface area contributed by atoms with E-state index in [0.717, 1.165) is 16.9 Å². The summed E-state index contributed by atoms with van der Waals surface area (Å²) in [6.07, 6.45) is 1.83. The lowest BCUT2D eigenvalue weighted by atomic mass is 10.2. The van der Waals surface area contributed by atoms with Crippen LogP contribution < -0.4 is 10.5 Å². The van der Waals surface area contributed by atoms with Gasteiger partial charge in [0.15, 0.2) is 0 Å². The first kappa shape index (κ1) is 16.1. The van der Waals surface area contributed by atoms with Crippen LogP contribution in [0.15, 0.2) is 59.6 Å². The number of hydrogen-bond donors (Lipinski definition) is 2. The quantitative estimate of drug-likeness (QED) is 0.713. The Balaban J connectivity index is 1.96. The molecule has 1 aromatic heterocycles. The van der Waals surface area contributed by atoms with Crippen molar-refractivity contribution in [3.05, 3.63) is 66.0 Å². The van der Waals surface area contributed by atoms with Crippen LogP contribution in [0.3, 0.4) is 0 Å². The lowest BCUT2D eigenvalue weighted by molar-refractivity contribution is 0.601. The molecule has 0 aliphatic heterocycles. The maximum absolute atomic E-state index is 12.5. The molecular weight excluding hydrogens is 324 g/mol. The van der Waals surface area contributed by atoms with Gasteiger partial charge in [0.2, 0.25) is 0 Å². The van der Waals surface area contributed by atoms with E-state index < -0.39 is 10.0 Å². The number of nitrogens with zero attached hydrogens (tertiary/aromatic N) is 2. The third kappa shape index (κ3) is 3.26. The smallest absolute Gasteiger partial charge is 0.261 e. The molecule has 0 aliphatic carbocycles. The SMILES string of the molecule is Cc1ccn(-c2ccc(C)c(NS(=O)(=O)c3ccc(N)cc3)c2)n1. The Bertz CT molecular complexity index is 976. The minimum atomic E-state index is -3.68. The zero-order valence-electron chi connectivity index (χ0n) is 13.4. The Labute approximate surface area is 141 Å². The van der Waals surface area contributed by atoms with Gasteiger partial charge in [0, 0.05) is 11.9 Å². The minimum absolute atomic E-state index is 0.163. The molecule has 3 N–H and O–H groups in total. The Hall–Kier alpha value is -2.80. The molecule has 0 saturated carbocycles. The normalized spacial score (nSPS) is 11.4.